The van der Waals surface area contributed by atoms with E-state index in [1.165, 1.54) is 54.6 Å². The van der Waals surface area contributed by atoms with Crippen LogP contribution in [0.5, 0.6) is 0 Å². The Morgan fingerprint density at radius 3 is 2.30 bits per heavy atom. The molecule has 3 aromatic carbocycles. The van der Waals surface area contributed by atoms with Crippen LogP contribution in [0, 0.1) is 17.5 Å². The van der Waals surface area contributed by atoms with E-state index in [9.17, 15) is 37.1 Å². The van der Waals surface area contributed by atoms with Crippen LogP contribution in [0.1, 0.15) is 60.0 Å². The van der Waals surface area contributed by atoms with Gasteiger partial charge in [-0.1, -0.05) is 13.0 Å². The summed E-state index contributed by atoms with van der Waals surface area (Å²) in [7, 11) is -2.93. The third-order valence-corrected chi connectivity index (χ3v) is 13.9. The summed E-state index contributed by atoms with van der Waals surface area (Å²) in [6.45, 7) is 4.95. The molecule has 2 aromatic heterocycles. The Kier molecular flexibility index (Phi) is 13.4. The predicted molar refractivity (Wildman–Crippen MR) is 238 cm³/mol. The van der Waals surface area contributed by atoms with E-state index in [1.807, 2.05) is 9.62 Å². The quantitative estimate of drug-likeness (QED) is 0.125. The van der Waals surface area contributed by atoms with E-state index >= 15 is 8.78 Å². The number of nitrogens with zero attached hydrogens (tertiary/aromatic N) is 8. The number of aliphatic hydroxyl groups is 1. The molecule has 2 atom stereocenters. The molecule has 5 heterocycles. The highest BCUT2D eigenvalue weighted by atomic mass is 32.2. The smallest absolute Gasteiger partial charge is 0.301 e. The molecule has 5 aromatic rings. The van der Waals surface area contributed by atoms with Crippen LogP contribution >= 0.6 is 0 Å². The van der Waals surface area contributed by atoms with E-state index in [-0.39, 0.29) is 58.8 Å². The fourth-order valence-corrected chi connectivity index (χ4v) is 9.28. The van der Waals surface area contributed by atoms with Crippen LogP contribution in [0.25, 0.3) is 16.6 Å². The summed E-state index contributed by atoms with van der Waals surface area (Å²) in [5.41, 5.74) is -0.923. The number of aromatic nitrogens is 4. The number of carbonyl (C=O) groups is 3. The average molecular weight is 932 g/mol. The Morgan fingerprint density at radius 1 is 0.894 bits per heavy atom. The first-order chi connectivity index (χ1) is 31.6. The largest absolute Gasteiger partial charge is 0.374 e. The van der Waals surface area contributed by atoms with Gasteiger partial charge in [0, 0.05) is 51.0 Å². The van der Waals surface area contributed by atoms with E-state index in [1.54, 1.807) is 24.0 Å². The lowest BCUT2D eigenvalue weighted by Crippen LogP contribution is -2.52. The number of aliphatic hydroxyl groups excluding tert-OH is 1. The van der Waals surface area contributed by atoms with Gasteiger partial charge in [-0.25, -0.2) is 28.1 Å². The summed E-state index contributed by atoms with van der Waals surface area (Å²) >= 11 is 0. The predicted octanol–water partition coefficient (Wildman–Crippen LogP) is 2.97. The first-order valence-electron chi connectivity index (χ1n) is 21.5. The molecule has 18 nitrogen and oxygen atoms in total. The molecule has 0 bridgehead atoms. The molecule has 3 saturated heterocycles. The minimum absolute atomic E-state index is 0.00444. The molecule has 22 heteroatoms. The molecule has 0 aliphatic carbocycles. The first kappa shape index (κ1) is 46.1. The third-order valence-electron chi connectivity index (χ3n) is 12.3. The Morgan fingerprint density at radius 2 is 1.62 bits per heavy atom. The summed E-state index contributed by atoms with van der Waals surface area (Å²) in [6, 6.07) is 9.81. The van der Waals surface area contributed by atoms with Crippen molar-refractivity contribution in [2.45, 2.75) is 50.8 Å². The van der Waals surface area contributed by atoms with Crippen LogP contribution in [0.2, 0.25) is 0 Å². The van der Waals surface area contributed by atoms with Gasteiger partial charge in [-0.2, -0.15) is 12.7 Å². The van der Waals surface area contributed by atoms with Crippen molar-refractivity contribution in [3.63, 3.8) is 0 Å². The van der Waals surface area contributed by atoms with Crippen molar-refractivity contribution in [3.05, 3.63) is 112 Å². The molecule has 3 aliphatic rings. The van der Waals surface area contributed by atoms with Crippen LogP contribution in [-0.4, -0.2) is 136 Å². The van der Waals surface area contributed by atoms with Crippen LogP contribution in [0.15, 0.2) is 72.0 Å². The number of halogens is 3. The van der Waals surface area contributed by atoms with Crippen molar-refractivity contribution < 1.29 is 41.1 Å². The molecular formula is C44H48F3N11O7S. The summed E-state index contributed by atoms with van der Waals surface area (Å²) < 4.78 is 74.9. The van der Waals surface area contributed by atoms with Crippen LogP contribution in [-0.2, 0) is 19.8 Å². The summed E-state index contributed by atoms with van der Waals surface area (Å²) in [5, 5.41) is 15.1. The zero-order chi connectivity index (χ0) is 46.9. The highest BCUT2D eigenvalue weighted by Gasteiger charge is 2.30. The SMILES string of the molecule is CCN(C)S(=O)(=O)Nc1ccc(F)c(C(=O)c2ccc3ncn(-c4cnc(N5CCN(C(=O)CN6CCC(c7ccc(N[C@@H]8CCC(O)NC8=O)cc7F)CC6)CC5)nc4)c(=O)c3c2)c1F. The van der Waals surface area contributed by atoms with Crippen LogP contribution in [0.3, 0.4) is 0 Å². The number of anilines is 3. The van der Waals surface area contributed by atoms with E-state index in [0.717, 1.165) is 16.4 Å². The van der Waals surface area contributed by atoms with Gasteiger partial charge in [-0.05, 0) is 92.7 Å². The second kappa shape index (κ2) is 19.2. The molecule has 0 saturated carbocycles. The Balaban J connectivity index is 0.849. The Bertz CT molecular complexity index is 2840. The number of rotatable bonds is 13. The highest BCUT2D eigenvalue weighted by molar-refractivity contribution is 7.90. The zero-order valence-electron chi connectivity index (χ0n) is 36.1. The number of nitrogens with one attached hydrogen (secondary N) is 3. The molecule has 348 valence electrons. The lowest BCUT2D eigenvalue weighted by molar-refractivity contribution is -0.133. The van der Waals surface area contributed by atoms with E-state index in [2.05, 4.69) is 30.5 Å². The number of piperidine rings is 2. The number of hydrogen-bond acceptors (Lipinski definition) is 13. The molecule has 3 fully saturated rings. The molecule has 3 aliphatic heterocycles. The van der Waals surface area contributed by atoms with Gasteiger partial charge in [0.1, 0.15) is 30.2 Å². The standard InChI is InChI=1S/C44H48F3N11O7S/c1-3-54(2)66(64,65)53-35-9-7-32(45)39(40(35)47)41(61)27-4-8-34-31(20-27)43(63)58(25-50-34)29-22-48-44(49-23-29)57-18-16-56(17-19-57)38(60)24-55-14-12-26(13-15-55)30-6-5-28(21-33(30)46)51-36-10-11-37(59)52-42(36)62/h4-9,20-23,25-26,36-37,51,53,59H,3,10-19,24H2,1-2H3,(H,52,62)/t36-,37?/m1/s1. The van der Waals surface area contributed by atoms with Gasteiger partial charge in [0.05, 0.1) is 46.8 Å². The number of carbonyl (C=O) groups excluding carboxylic acids is 3. The number of fused-ring (bicyclic) bond motifs is 1. The second-order valence-electron chi connectivity index (χ2n) is 16.5. The number of likely N-dealkylation sites (tertiary alicyclic amines) is 1. The van der Waals surface area contributed by atoms with Crippen molar-refractivity contribution in [2.75, 3.05) is 74.3 Å². The van der Waals surface area contributed by atoms with Crippen molar-refractivity contribution in [1.29, 1.82) is 0 Å². The molecular weight excluding hydrogens is 884 g/mol. The van der Waals surface area contributed by atoms with Crippen LogP contribution < -0.4 is 25.8 Å². The van der Waals surface area contributed by atoms with Gasteiger partial charge >= 0.3 is 10.2 Å². The maximum absolute atomic E-state index is 15.5. The fourth-order valence-electron chi connectivity index (χ4n) is 8.35. The zero-order valence-corrected chi connectivity index (χ0v) is 36.9. The van der Waals surface area contributed by atoms with Gasteiger partial charge in [0.25, 0.3) is 5.56 Å². The fraction of sp³-hybridized carbons (Fsp3) is 0.386. The summed E-state index contributed by atoms with van der Waals surface area (Å²) in [5.74, 6) is -4.07. The van der Waals surface area contributed by atoms with Gasteiger partial charge in [0.2, 0.25) is 17.8 Å². The average Bonchev–Trinajstić information content (AvgIpc) is 3.31. The topological polar surface area (TPSA) is 215 Å². The van der Waals surface area contributed by atoms with E-state index < -0.39 is 56.7 Å². The summed E-state index contributed by atoms with van der Waals surface area (Å²) in [4.78, 5) is 71.8. The number of piperazine rings is 1. The number of benzene rings is 3. The maximum atomic E-state index is 15.5. The lowest BCUT2D eigenvalue weighted by Gasteiger charge is -2.37. The molecule has 4 N–H and O–H groups in total. The van der Waals surface area contributed by atoms with Gasteiger partial charge in [-0.3, -0.25) is 33.4 Å². The minimum Gasteiger partial charge on any atom is -0.374 e. The third kappa shape index (κ3) is 9.71. The number of ketones is 1. The monoisotopic (exact) mass is 931 g/mol. The van der Waals surface area contributed by atoms with Crippen molar-refractivity contribution in [3.8, 4) is 5.69 Å². The van der Waals surface area contributed by atoms with Crippen LogP contribution in [0.4, 0.5) is 30.5 Å². The first-order valence-corrected chi connectivity index (χ1v) is 22.9. The lowest BCUT2D eigenvalue weighted by atomic mass is 9.89. The molecule has 2 amide bonds. The normalized spacial score (nSPS) is 18.7. The molecule has 66 heavy (non-hydrogen) atoms. The van der Waals surface area contributed by atoms with E-state index in [4.69, 9.17) is 0 Å². The molecule has 0 spiro atoms. The van der Waals surface area contributed by atoms with Gasteiger partial charge in [-0.15, -0.1) is 0 Å². The molecule has 0 radical (unpaired) electrons. The van der Waals surface area contributed by atoms with Crippen molar-refractivity contribution >= 4 is 56.0 Å². The van der Waals surface area contributed by atoms with Gasteiger partial charge in [0.15, 0.2) is 11.6 Å². The highest BCUT2D eigenvalue weighted by Crippen LogP contribution is 2.32. The minimum atomic E-state index is -4.19. The van der Waals surface area contributed by atoms with Crippen molar-refractivity contribution in [2.24, 2.45) is 0 Å². The van der Waals surface area contributed by atoms with Crippen molar-refractivity contribution in [1.82, 2.24) is 38.9 Å². The number of hydrogen-bond donors (Lipinski definition) is 4. The van der Waals surface area contributed by atoms with Gasteiger partial charge < -0.3 is 25.5 Å². The van der Waals surface area contributed by atoms with E-state index in [0.29, 0.717) is 82.2 Å². The summed E-state index contributed by atoms with van der Waals surface area (Å²) in [6.07, 6.45) is 5.49. The molecule has 8 rings (SSSR count). The Hall–Kier alpha value is -6.49. The second-order valence-corrected chi connectivity index (χ2v) is 18.3. The molecule has 1 unspecified atom stereocenters. The Labute approximate surface area is 377 Å². The number of amides is 2. The maximum Gasteiger partial charge on any atom is 0.301 e.